The van der Waals surface area contributed by atoms with E-state index >= 15 is 0 Å². The average molecular weight is 209 g/mol. The van der Waals surface area contributed by atoms with Gasteiger partial charge in [0.05, 0.1) is 0 Å². The van der Waals surface area contributed by atoms with Gasteiger partial charge < -0.3 is 4.90 Å². The van der Waals surface area contributed by atoms with E-state index in [2.05, 4.69) is 0 Å². The van der Waals surface area contributed by atoms with Gasteiger partial charge in [0.2, 0.25) is 5.91 Å². The first-order chi connectivity index (χ1) is 7.18. The van der Waals surface area contributed by atoms with Crippen molar-refractivity contribution in [2.45, 2.75) is 51.5 Å². The zero-order chi connectivity index (χ0) is 10.8. The number of rotatable bonds is 3. The number of hydrogen-bond donors (Lipinski definition) is 0. The number of Topliss-reactive ketones (excluding diaryl/α,β-unsaturated/α-hetero) is 1. The van der Waals surface area contributed by atoms with E-state index in [4.69, 9.17) is 0 Å². The fourth-order valence-corrected chi connectivity index (χ4v) is 2.56. The van der Waals surface area contributed by atoms with Gasteiger partial charge in [-0.3, -0.25) is 9.59 Å². The van der Waals surface area contributed by atoms with Crippen molar-refractivity contribution < 1.29 is 9.59 Å². The van der Waals surface area contributed by atoms with Crippen LogP contribution in [-0.4, -0.2) is 29.2 Å². The Morgan fingerprint density at radius 2 is 1.93 bits per heavy atom. The lowest BCUT2D eigenvalue weighted by Gasteiger charge is -2.32. The molecule has 2 aliphatic rings. The van der Waals surface area contributed by atoms with Gasteiger partial charge in [-0.15, -0.1) is 0 Å². The zero-order valence-electron chi connectivity index (χ0n) is 9.37. The molecule has 0 aromatic carbocycles. The predicted molar refractivity (Wildman–Crippen MR) is 57.4 cm³/mol. The van der Waals surface area contributed by atoms with E-state index in [1.54, 1.807) is 6.92 Å². The Bertz CT molecular complexity index is 271. The SMILES string of the molecule is CC(=O)CC1CCCN1C(=O)C1CCC1. The summed E-state index contributed by atoms with van der Waals surface area (Å²) in [4.78, 5) is 25.1. The largest absolute Gasteiger partial charge is 0.339 e. The van der Waals surface area contributed by atoms with E-state index in [-0.39, 0.29) is 17.7 Å². The summed E-state index contributed by atoms with van der Waals surface area (Å²) in [5.41, 5.74) is 0. The molecule has 3 heteroatoms. The first-order valence-corrected chi connectivity index (χ1v) is 5.98. The maximum Gasteiger partial charge on any atom is 0.225 e. The first kappa shape index (κ1) is 10.7. The van der Waals surface area contributed by atoms with Crippen LogP contribution in [0.15, 0.2) is 0 Å². The number of hydrogen-bond acceptors (Lipinski definition) is 2. The van der Waals surface area contributed by atoms with Crippen molar-refractivity contribution >= 4 is 11.7 Å². The Morgan fingerprint density at radius 3 is 2.47 bits per heavy atom. The molecular formula is C12H19NO2. The Hall–Kier alpha value is -0.860. The Kier molecular flexibility index (Phi) is 3.08. The molecule has 1 unspecified atom stereocenters. The molecule has 15 heavy (non-hydrogen) atoms. The van der Waals surface area contributed by atoms with E-state index in [1.807, 2.05) is 4.90 Å². The molecule has 1 aliphatic carbocycles. The molecule has 3 nitrogen and oxygen atoms in total. The minimum atomic E-state index is 0.202. The van der Waals surface area contributed by atoms with Gasteiger partial charge in [-0.05, 0) is 32.6 Å². The van der Waals surface area contributed by atoms with Crippen molar-refractivity contribution in [2.24, 2.45) is 5.92 Å². The maximum absolute atomic E-state index is 12.0. The van der Waals surface area contributed by atoms with Gasteiger partial charge in [-0.25, -0.2) is 0 Å². The molecule has 0 spiro atoms. The molecule has 84 valence electrons. The summed E-state index contributed by atoms with van der Waals surface area (Å²) >= 11 is 0. The lowest BCUT2D eigenvalue weighted by Crippen LogP contribution is -2.42. The van der Waals surface area contributed by atoms with E-state index in [9.17, 15) is 9.59 Å². The van der Waals surface area contributed by atoms with Crippen molar-refractivity contribution in [3.63, 3.8) is 0 Å². The van der Waals surface area contributed by atoms with Crippen LogP contribution >= 0.6 is 0 Å². The van der Waals surface area contributed by atoms with Gasteiger partial charge in [-0.2, -0.15) is 0 Å². The van der Waals surface area contributed by atoms with Crippen LogP contribution in [0.2, 0.25) is 0 Å². The quantitative estimate of drug-likeness (QED) is 0.710. The molecule has 0 bridgehead atoms. The van der Waals surface area contributed by atoms with Crippen LogP contribution in [0.3, 0.4) is 0 Å². The molecule has 1 saturated carbocycles. The van der Waals surface area contributed by atoms with Crippen molar-refractivity contribution in [2.75, 3.05) is 6.54 Å². The third kappa shape index (κ3) is 2.21. The van der Waals surface area contributed by atoms with Gasteiger partial charge in [0.25, 0.3) is 0 Å². The molecule has 0 aromatic rings. The normalized spacial score (nSPS) is 26.5. The second-order valence-electron chi connectivity index (χ2n) is 4.86. The van der Waals surface area contributed by atoms with Crippen LogP contribution in [0.1, 0.15) is 45.4 Å². The van der Waals surface area contributed by atoms with Gasteiger partial charge in [0.15, 0.2) is 0 Å². The maximum atomic E-state index is 12.0. The van der Waals surface area contributed by atoms with Crippen LogP contribution in [0.5, 0.6) is 0 Å². The van der Waals surface area contributed by atoms with Gasteiger partial charge >= 0.3 is 0 Å². The van der Waals surface area contributed by atoms with Crippen LogP contribution in [0, 0.1) is 5.92 Å². The number of nitrogens with zero attached hydrogens (tertiary/aromatic N) is 1. The first-order valence-electron chi connectivity index (χ1n) is 5.98. The molecule has 1 saturated heterocycles. The minimum absolute atomic E-state index is 0.202. The molecule has 0 radical (unpaired) electrons. The van der Waals surface area contributed by atoms with Crippen LogP contribution in [0.4, 0.5) is 0 Å². The average Bonchev–Trinajstić information content (AvgIpc) is 2.47. The van der Waals surface area contributed by atoms with E-state index < -0.39 is 0 Å². The standard InChI is InChI=1S/C12H19NO2/c1-9(14)8-11-6-3-7-13(11)12(15)10-4-2-5-10/h10-11H,2-8H2,1H3. The van der Waals surface area contributed by atoms with E-state index in [0.717, 1.165) is 32.2 Å². The molecular weight excluding hydrogens is 190 g/mol. The molecule has 1 atom stereocenters. The number of ketones is 1. The number of carbonyl (C=O) groups excluding carboxylic acids is 2. The van der Waals surface area contributed by atoms with Crippen LogP contribution < -0.4 is 0 Å². The summed E-state index contributed by atoms with van der Waals surface area (Å²) in [6, 6.07) is 0.204. The molecule has 2 fully saturated rings. The van der Waals surface area contributed by atoms with Crippen molar-refractivity contribution in [1.82, 2.24) is 4.90 Å². The van der Waals surface area contributed by atoms with Crippen molar-refractivity contribution in [1.29, 1.82) is 0 Å². The van der Waals surface area contributed by atoms with Crippen molar-refractivity contribution in [3.8, 4) is 0 Å². The molecule has 1 heterocycles. The Morgan fingerprint density at radius 1 is 1.20 bits per heavy atom. The topological polar surface area (TPSA) is 37.4 Å². The molecule has 0 aromatic heterocycles. The summed E-state index contributed by atoms with van der Waals surface area (Å²) in [5, 5.41) is 0. The lowest BCUT2D eigenvalue weighted by atomic mass is 9.84. The summed E-state index contributed by atoms with van der Waals surface area (Å²) in [7, 11) is 0. The molecule has 2 rings (SSSR count). The smallest absolute Gasteiger partial charge is 0.225 e. The van der Waals surface area contributed by atoms with Gasteiger partial charge in [0.1, 0.15) is 5.78 Å². The molecule has 1 aliphatic heterocycles. The summed E-state index contributed by atoms with van der Waals surface area (Å²) in [6.07, 6.45) is 5.94. The zero-order valence-corrected chi connectivity index (χ0v) is 9.37. The van der Waals surface area contributed by atoms with Gasteiger partial charge in [0, 0.05) is 24.9 Å². The third-order valence-electron chi connectivity index (χ3n) is 3.64. The van der Waals surface area contributed by atoms with E-state index in [0.29, 0.717) is 12.3 Å². The lowest BCUT2D eigenvalue weighted by molar-refractivity contribution is -0.139. The monoisotopic (exact) mass is 209 g/mol. The predicted octanol–water partition coefficient (Wildman–Crippen LogP) is 1.76. The minimum Gasteiger partial charge on any atom is -0.339 e. The highest BCUT2D eigenvalue weighted by atomic mass is 16.2. The number of amides is 1. The Labute approximate surface area is 90.8 Å². The third-order valence-corrected chi connectivity index (χ3v) is 3.64. The fraction of sp³-hybridized carbons (Fsp3) is 0.833. The number of likely N-dealkylation sites (tertiary alicyclic amines) is 1. The van der Waals surface area contributed by atoms with Crippen molar-refractivity contribution in [3.05, 3.63) is 0 Å². The van der Waals surface area contributed by atoms with Gasteiger partial charge in [-0.1, -0.05) is 6.42 Å². The highest BCUT2D eigenvalue weighted by Gasteiger charge is 2.35. The molecule has 1 amide bonds. The fourth-order valence-electron chi connectivity index (χ4n) is 2.56. The Balaban J connectivity index is 1.94. The highest BCUT2D eigenvalue weighted by molar-refractivity contribution is 5.82. The second kappa shape index (κ2) is 4.33. The second-order valence-corrected chi connectivity index (χ2v) is 4.86. The summed E-state index contributed by atoms with van der Waals surface area (Å²) in [5.74, 6) is 0.788. The van der Waals surface area contributed by atoms with Crippen LogP contribution in [-0.2, 0) is 9.59 Å². The summed E-state index contributed by atoms with van der Waals surface area (Å²) < 4.78 is 0. The van der Waals surface area contributed by atoms with Crippen LogP contribution in [0.25, 0.3) is 0 Å². The highest BCUT2D eigenvalue weighted by Crippen LogP contribution is 2.31. The molecule has 0 N–H and O–H groups in total. The summed E-state index contributed by atoms with van der Waals surface area (Å²) in [6.45, 7) is 2.48. The number of carbonyl (C=O) groups is 2. The van der Waals surface area contributed by atoms with E-state index in [1.165, 1.54) is 6.42 Å².